The molecule has 0 spiro atoms. The molecule has 1 saturated carbocycles. The molecule has 1 fully saturated rings. The van der Waals surface area contributed by atoms with Crippen molar-refractivity contribution in [2.75, 3.05) is 0 Å². The second-order valence-electron chi connectivity index (χ2n) is 5.39. The molecule has 0 aromatic rings. The molecule has 86 valence electrons. The van der Waals surface area contributed by atoms with E-state index in [1.807, 2.05) is 6.92 Å². The molecule has 0 aliphatic heterocycles. The van der Waals surface area contributed by atoms with Crippen LogP contribution in [0.15, 0.2) is 0 Å². The van der Waals surface area contributed by atoms with Gasteiger partial charge in [-0.2, -0.15) is 0 Å². The Morgan fingerprint density at radius 3 is 2.47 bits per heavy atom. The molecule has 1 rings (SSSR count). The van der Waals surface area contributed by atoms with Gasteiger partial charge in [0, 0.05) is 5.41 Å². The highest BCUT2D eigenvalue weighted by Crippen LogP contribution is 2.46. The van der Waals surface area contributed by atoms with Crippen molar-refractivity contribution in [1.29, 1.82) is 0 Å². The van der Waals surface area contributed by atoms with Crippen LogP contribution in [0, 0.1) is 23.2 Å². The average Bonchev–Trinajstić information content (AvgIpc) is 2.11. The van der Waals surface area contributed by atoms with E-state index in [1.165, 1.54) is 0 Å². The molecule has 0 saturated heterocycles. The lowest BCUT2D eigenvalue weighted by Crippen LogP contribution is -2.51. The summed E-state index contributed by atoms with van der Waals surface area (Å²) in [5, 5.41) is 19.8. The van der Waals surface area contributed by atoms with Gasteiger partial charge in [-0.05, 0) is 25.7 Å². The fourth-order valence-electron chi connectivity index (χ4n) is 2.42. The van der Waals surface area contributed by atoms with Crippen LogP contribution in [0.1, 0.15) is 47.0 Å². The fourth-order valence-corrected chi connectivity index (χ4v) is 2.42. The van der Waals surface area contributed by atoms with Gasteiger partial charge in [-0.15, -0.1) is 0 Å². The number of aliphatic hydroxyl groups is 2. The van der Waals surface area contributed by atoms with E-state index in [1.54, 1.807) is 6.92 Å². The largest absolute Gasteiger partial charge is 0.381 e. The van der Waals surface area contributed by atoms with Crippen molar-refractivity contribution < 1.29 is 10.2 Å². The van der Waals surface area contributed by atoms with Gasteiger partial charge in [0.2, 0.25) is 0 Å². The molecule has 1 aliphatic rings. The fraction of sp³-hybridized carbons (Fsp3) is 0.846. The van der Waals surface area contributed by atoms with Gasteiger partial charge in [-0.25, -0.2) is 0 Å². The number of hydrogen-bond acceptors (Lipinski definition) is 2. The SMILES string of the molecule is C[C@@H](O)C#C[C@]1(O)[C@@H](C)CCCC1(C)C. The third-order valence-corrected chi connectivity index (χ3v) is 3.66. The Balaban J connectivity index is 3.00. The zero-order valence-corrected chi connectivity index (χ0v) is 10.2. The van der Waals surface area contributed by atoms with E-state index >= 15 is 0 Å². The summed E-state index contributed by atoms with van der Waals surface area (Å²) in [6.45, 7) is 7.77. The summed E-state index contributed by atoms with van der Waals surface area (Å²) >= 11 is 0. The molecular weight excluding hydrogens is 188 g/mol. The van der Waals surface area contributed by atoms with Crippen molar-refractivity contribution in [2.24, 2.45) is 11.3 Å². The van der Waals surface area contributed by atoms with E-state index in [0.717, 1.165) is 19.3 Å². The Kier molecular flexibility index (Phi) is 3.48. The van der Waals surface area contributed by atoms with E-state index in [4.69, 9.17) is 5.11 Å². The number of aliphatic hydroxyl groups excluding tert-OH is 1. The van der Waals surface area contributed by atoms with Gasteiger partial charge >= 0.3 is 0 Å². The van der Waals surface area contributed by atoms with Gasteiger partial charge in [0.15, 0.2) is 0 Å². The molecule has 0 amide bonds. The summed E-state index contributed by atoms with van der Waals surface area (Å²) in [7, 11) is 0. The summed E-state index contributed by atoms with van der Waals surface area (Å²) in [6.07, 6.45) is 2.47. The van der Waals surface area contributed by atoms with Crippen LogP contribution in [-0.4, -0.2) is 21.9 Å². The maximum Gasteiger partial charge on any atom is 0.133 e. The smallest absolute Gasteiger partial charge is 0.133 e. The normalized spacial score (nSPS) is 36.5. The summed E-state index contributed by atoms with van der Waals surface area (Å²) in [5.41, 5.74) is -1.14. The molecule has 0 aromatic heterocycles. The molecule has 0 heterocycles. The van der Waals surface area contributed by atoms with E-state index in [0.29, 0.717) is 0 Å². The Hall–Kier alpha value is -0.520. The van der Waals surface area contributed by atoms with Crippen LogP contribution in [0.4, 0.5) is 0 Å². The number of hydrogen-bond donors (Lipinski definition) is 2. The van der Waals surface area contributed by atoms with Crippen LogP contribution in [0.2, 0.25) is 0 Å². The van der Waals surface area contributed by atoms with E-state index in [2.05, 4.69) is 25.7 Å². The van der Waals surface area contributed by atoms with Crippen LogP contribution < -0.4 is 0 Å². The first-order valence-corrected chi connectivity index (χ1v) is 5.73. The van der Waals surface area contributed by atoms with E-state index in [-0.39, 0.29) is 11.3 Å². The topological polar surface area (TPSA) is 40.5 Å². The Morgan fingerprint density at radius 1 is 1.40 bits per heavy atom. The maximum atomic E-state index is 10.6. The first-order valence-electron chi connectivity index (χ1n) is 5.73. The molecule has 0 bridgehead atoms. The first-order chi connectivity index (χ1) is 6.79. The summed E-state index contributed by atoms with van der Waals surface area (Å²) < 4.78 is 0. The van der Waals surface area contributed by atoms with Crippen molar-refractivity contribution in [3.8, 4) is 11.8 Å². The van der Waals surface area contributed by atoms with Crippen molar-refractivity contribution in [2.45, 2.75) is 58.7 Å². The highest BCUT2D eigenvalue weighted by atomic mass is 16.3. The molecule has 2 N–H and O–H groups in total. The van der Waals surface area contributed by atoms with Crippen LogP contribution >= 0.6 is 0 Å². The van der Waals surface area contributed by atoms with Gasteiger partial charge in [0.1, 0.15) is 11.7 Å². The lowest BCUT2D eigenvalue weighted by atomic mass is 9.61. The second kappa shape index (κ2) is 4.15. The van der Waals surface area contributed by atoms with Gasteiger partial charge in [0.05, 0.1) is 0 Å². The molecule has 0 radical (unpaired) electrons. The van der Waals surface area contributed by atoms with Crippen molar-refractivity contribution in [3.05, 3.63) is 0 Å². The van der Waals surface area contributed by atoms with Crippen LogP contribution in [-0.2, 0) is 0 Å². The van der Waals surface area contributed by atoms with Crippen LogP contribution in [0.5, 0.6) is 0 Å². The van der Waals surface area contributed by atoms with Gasteiger partial charge < -0.3 is 10.2 Å². The quantitative estimate of drug-likeness (QED) is 0.600. The Bertz CT molecular complexity index is 283. The lowest BCUT2D eigenvalue weighted by molar-refractivity contribution is -0.0862. The molecule has 2 heteroatoms. The zero-order chi connectivity index (χ0) is 11.7. The monoisotopic (exact) mass is 210 g/mol. The van der Waals surface area contributed by atoms with Crippen LogP contribution in [0.25, 0.3) is 0 Å². The molecule has 3 atom stereocenters. The van der Waals surface area contributed by atoms with Crippen LogP contribution in [0.3, 0.4) is 0 Å². The van der Waals surface area contributed by atoms with E-state index in [9.17, 15) is 5.11 Å². The number of rotatable bonds is 0. The summed E-state index contributed by atoms with van der Waals surface area (Å²) in [4.78, 5) is 0. The lowest BCUT2D eigenvalue weighted by Gasteiger charge is -2.47. The highest BCUT2D eigenvalue weighted by Gasteiger charge is 2.48. The first kappa shape index (κ1) is 12.5. The molecular formula is C13H22O2. The minimum Gasteiger partial charge on any atom is -0.381 e. The predicted molar refractivity (Wildman–Crippen MR) is 61.2 cm³/mol. The average molecular weight is 210 g/mol. The Labute approximate surface area is 92.7 Å². The molecule has 1 aliphatic carbocycles. The van der Waals surface area contributed by atoms with Gasteiger partial charge in [0.25, 0.3) is 0 Å². The van der Waals surface area contributed by atoms with Gasteiger partial charge in [-0.3, -0.25) is 0 Å². The molecule has 2 nitrogen and oxygen atoms in total. The molecule has 0 unspecified atom stereocenters. The minimum absolute atomic E-state index is 0.174. The second-order valence-corrected chi connectivity index (χ2v) is 5.39. The van der Waals surface area contributed by atoms with Gasteiger partial charge in [-0.1, -0.05) is 39.0 Å². The highest BCUT2D eigenvalue weighted by molar-refractivity contribution is 5.23. The summed E-state index contributed by atoms with van der Waals surface area (Å²) in [5.74, 6) is 5.76. The van der Waals surface area contributed by atoms with E-state index < -0.39 is 11.7 Å². The zero-order valence-electron chi connectivity index (χ0n) is 10.2. The third-order valence-electron chi connectivity index (χ3n) is 3.66. The van der Waals surface area contributed by atoms with Crippen molar-refractivity contribution in [3.63, 3.8) is 0 Å². The summed E-state index contributed by atoms with van der Waals surface area (Å²) in [6, 6.07) is 0. The molecule has 0 aromatic carbocycles. The van der Waals surface area contributed by atoms with Crippen molar-refractivity contribution in [1.82, 2.24) is 0 Å². The Morgan fingerprint density at radius 2 is 2.00 bits per heavy atom. The maximum absolute atomic E-state index is 10.6. The predicted octanol–water partition coefficient (Wildman–Crippen LogP) is 1.95. The third kappa shape index (κ3) is 2.35. The standard InChI is InChI=1S/C13H22O2/c1-10-6-5-8-12(3,4)13(10,15)9-7-11(2)14/h10-11,14-15H,5-6,8H2,1-4H3/t10-,11+,13-/m0/s1. The minimum atomic E-state index is -0.956. The molecule has 15 heavy (non-hydrogen) atoms. The van der Waals surface area contributed by atoms with Crippen molar-refractivity contribution >= 4 is 0 Å².